The molecule has 2 rings (SSSR count). The van der Waals surface area contributed by atoms with E-state index in [1.54, 1.807) is 18.3 Å². The van der Waals surface area contributed by atoms with Crippen molar-refractivity contribution >= 4 is 9.84 Å². The lowest BCUT2D eigenvalue weighted by molar-refractivity contribution is -0.0776. The number of aryl methyl sites for hydroxylation is 1. The first-order chi connectivity index (χ1) is 12.6. The van der Waals surface area contributed by atoms with E-state index in [9.17, 15) is 8.42 Å². The van der Waals surface area contributed by atoms with E-state index in [0.29, 0.717) is 10.8 Å². The Kier molecular flexibility index (Phi) is 5.75. The van der Waals surface area contributed by atoms with Crippen molar-refractivity contribution in [2.75, 3.05) is 6.26 Å². The van der Waals surface area contributed by atoms with Crippen molar-refractivity contribution in [1.29, 1.82) is 0 Å². The summed E-state index contributed by atoms with van der Waals surface area (Å²) in [6.07, 6.45) is 3.01. The number of rotatable bonds is 5. The second kappa shape index (κ2) is 7.18. The zero-order chi connectivity index (χ0) is 21.5. The van der Waals surface area contributed by atoms with Gasteiger partial charge in [0.05, 0.1) is 4.90 Å². The largest absolute Gasteiger partial charge is 0.471 e. The van der Waals surface area contributed by atoms with Crippen LogP contribution < -0.4 is 4.74 Å². The zero-order valence-electron chi connectivity index (χ0n) is 18.5. The Morgan fingerprint density at radius 2 is 1.46 bits per heavy atom. The normalized spacial score (nSPS) is 13.5. The van der Waals surface area contributed by atoms with E-state index in [1.165, 1.54) is 6.26 Å². The van der Waals surface area contributed by atoms with Crippen molar-refractivity contribution < 1.29 is 13.2 Å². The van der Waals surface area contributed by atoms with Gasteiger partial charge >= 0.3 is 0 Å². The average molecular weight is 404 g/mol. The van der Waals surface area contributed by atoms with Gasteiger partial charge in [0.15, 0.2) is 9.84 Å². The minimum absolute atomic E-state index is 0.0263. The number of sulfone groups is 1. The molecule has 28 heavy (non-hydrogen) atoms. The van der Waals surface area contributed by atoms with Crippen LogP contribution in [0.1, 0.15) is 54.0 Å². The summed E-state index contributed by atoms with van der Waals surface area (Å²) in [6, 6.07) is 8.89. The number of hydrogen-bond donors (Lipinski definition) is 0. The van der Waals surface area contributed by atoms with Crippen molar-refractivity contribution in [3.05, 3.63) is 42.1 Å². The predicted molar refractivity (Wildman–Crippen MR) is 115 cm³/mol. The third-order valence-electron chi connectivity index (χ3n) is 6.31. The first-order valence-electron chi connectivity index (χ1n) is 9.52. The molecule has 1 aromatic heterocycles. The maximum atomic E-state index is 11.8. The van der Waals surface area contributed by atoms with Gasteiger partial charge in [-0.15, -0.1) is 0 Å². The van der Waals surface area contributed by atoms with Crippen LogP contribution in [0.25, 0.3) is 11.1 Å². The highest BCUT2D eigenvalue weighted by atomic mass is 32.2. The van der Waals surface area contributed by atoms with Gasteiger partial charge in [0.1, 0.15) is 5.60 Å². The van der Waals surface area contributed by atoms with Gasteiger partial charge in [-0.2, -0.15) is 0 Å². The molecular weight excluding hydrogens is 370 g/mol. The van der Waals surface area contributed by atoms with Crippen LogP contribution in [-0.2, 0) is 9.84 Å². The number of pyridine rings is 1. The SMILES string of the molecule is Cc1cnc(OC(C)(C)C(C)(C)C(C)(C)C)c(-c2ccc(S(C)(=O)=O)cc2)c1. The van der Waals surface area contributed by atoms with Crippen molar-refractivity contribution in [3.8, 4) is 17.0 Å². The van der Waals surface area contributed by atoms with E-state index in [0.717, 1.165) is 16.7 Å². The highest BCUT2D eigenvalue weighted by Gasteiger charge is 2.47. The smallest absolute Gasteiger partial charge is 0.221 e. The van der Waals surface area contributed by atoms with Gasteiger partial charge < -0.3 is 4.74 Å². The van der Waals surface area contributed by atoms with Crippen LogP contribution in [-0.4, -0.2) is 25.3 Å². The van der Waals surface area contributed by atoms with Crippen LogP contribution in [0.15, 0.2) is 41.4 Å². The van der Waals surface area contributed by atoms with Crippen molar-refractivity contribution in [1.82, 2.24) is 4.98 Å². The maximum Gasteiger partial charge on any atom is 0.221 e. The van der Waals surface area contributed by atoms with E-state index in [1.807, 2.05) is 25.1 Å². The Bertz CT molecular complexity index is 950. The molecule has 0 radical (unpaired) electrons. The van der Waals surface area contributed by atoms with Gasteiger partial charge in [0.25, 0.3) is 0 Å². The monoisotopic (exact) mass is 403 g/mol. The molecule has 0 aliphatic rings. The highest BCUT2D eigenvalue weighted by molar-refractivity contribution is 7.90. The summed E-state index contributed by atoms with van der Waals surface area (Å²) in [4.78, 5) is 4.87. The van der Waals surface area contributed by atoms with Gasteiger partial charge in [-0.25, -0.2) is 13.4 Å². The third kappa shape index (κ3) is 4.40. The molecule has 0 spiro atoms. The molecule has 2 aromatic rings. The Morgan fingerprint density at radius 3 is 1.93 bits per heavy atom. The molecule has 0 bridgehead atoms. The van der Waals surface area contributed by atoms with Gasteiger partial charge in [-0.1, -0.05) is 46.8 Å². The molecule has 1 heterocycles. The quantitative estimate of drug-likeness (QED) is 0.643. The van der Waals surface area contributed by atoms with Crippen LogP contribution in [0, 0.1) is 17.8 Å². The standard InChI is InChI=1S/C23H33NO3S/c1-16-14-19(17-10-12-18(13-11-17)28(9,25)26)20(24-15-16)27-23(7,8)22(5,6)21(2,3)4/h10-15H,1-9H3. The molecule has 0 aliphatic carbocycles. The summed E-state index contributed by atoms with van der Waals surface area (Å²) in [5, 5.41) is 0. The van der Waals surface area contributed by atoms with E-state index in [-0.39, 0.29) is 10.8 Å². The number of benzene rings is 1. The molecule has 4 nitrogen and oxygen atoms in total. The lowest BCUT2D eigenvalue weighted by Gasteiger charge is -2.50. The first kappa shape index (κ1) is 22.4. The van der Waals surface area contributed by atoms with Crippen LogP contribution in [0.4, 0.5) is 0 Å². The Hall–Kier alpha value is -1.88. The van der Waals surface area contributed by atoms with Gasteiger partial charge in [0, 0.05) is 23.4 Å². The van der Waals surface area contributed by atoms with Crippen LogP contribution >= 0.6 is 0 Å². The fourth-order valence-electron chi connectivity index (χ4n) is 3.00. The van der Waals surface area contributed by atoms with Gasteiger partial charge in [0.2, 0.25) is 5.88 Å². The fraction of sp³-hybridized carbons (Fsp3) is 0.522. The summed E-state index contributed by atoms with van der Waals surface area (Å²) in [5.74, 6) is 0.556. The summed E-state index contributed by atoms with van der Waals surface area (Å²) in [5.41, 5.74) is 2.17. The molecule has 0 saturated carbocycles. The van der Waals surface area contributed by atoms with Crippen molar-refractivity contribution in [3.63, 3.8) is 0 Å². The lowest BCUT2D eigenvalue weighted by atomic mass is 9.61. The van der Waals surface area contributed by atoms with E-state index < -0.39 is 15.4 Å². The summed E-state index contributed by atoms with van der Waals surface area (Å²) in [6.45, 7) is 17.2. The van der Waals surface area contributed by atoms with Crippen LogP contribution in [0.3, 0.4) is 0 Å². The van der Waals surface area contributed by atoms with Crippen LogP contribution in [0.2, 0.25) is 0 Å². The fourth-order valence-corrected chi connectivity index (χ4v) is 3.63. The van der Waals surface area contributed by atoms with Crippen molar-refractivity contribution in [2.24, 2.45) is 10.8 Å². The number of ether oxygens (including phenoxy) is 1. The average Bonchev–Trinajstić information content (AvgIpc) is 2.54. The van der Waals surface area contributed by atoms with Gasteiger partial charge in [-0.05, 0) is 55.5 Å². The number of hydrogen-bond acceptors (Lipinski definition) is 4. The van der Waals surface area contributed by atoms with Crippen molar-refractivity contribution in [2.45, 2.75) is 65.9 Å². The second-order valence-electron chi connectivity index (χ2n) is 9.65. The van der Waals surface area contributed by atoms with E-state index in [4.69, 9.17) is 4.74 Å². The highest BCUT2D eigenvalue weighted by Crippen LogP contribution is 2.48. The molecule has 0 amide bonds. The molecule has 5 heteroatoms. The number of aromatic nitrogens is 1. The number of nitrogens with zero attached hydrogens (tertiary/aromatic N) is 1. The minimum Gasteiger partial charge on any atom is -0.471 e. The molecule has 1 aromatic carbocycles. The molecule has 0 unspecified atom stereocenters. The third-order valence-corrected chi connectivity index (χ3v) is 7.44. The molecular formula is C23H33NO3S. The molecule has 154 valence electrons. The Balaban J connectivity index is 2.51. The Morgan fingerprint density at radius 1 is 0.929 bits per heavy atom. The second-order valence-corrected chi connectivity index (χ2v) is 11.7. The zero-order valence-corrected chi connectivity index (χ0v) is 19.4. The molecule has 0 aliphatic heterocycles. The predicted octanol–water partition coefficient (Wildman–Crippen LogP) is 5.69. The van der Waals surface area contributed by atoms with Crippen LogP contribution in [0.5, 0.6) is 5.88 Å². The Labute approximate surface area is 170 Å². The summed E-state index contributed by atoms with van der Waals surface area (Å²) in [7, 11) is -3.23. The molecule has 0 atom stereocenters. The lowest BCUT2D eigenvalue weighted by Crippen LogP contribution is -2.51. The molecule has 0 fully saturated rings. The van der Waals surface area contributed by atoms with E-state index in [2.05, 4.69) is 53.5 Å². The van der Waals surface area contributed by atoms with E-state index >= 15 is 0 Å². The van der Waals surface area contributed by atoms with Gasteiger partial charge in [-0.3, -0.25) is 0 Å². The molecule has 0 saturated heterocycles. The summed E-state index contributed by atoms with van der Waals surface area (Å²) >= 11 is 0. The minimum atomic E-state index is -3.23. The summed E-state index contributed by atoms with van der Waals surface area (Å²) < 4.78 is 30.0. The molecule has 0 N–H and O–H groups in total. The first-order valence-corrected chi connectivity index (χ1v) is 11.4. The topological polar surface area (TPSA) is 56.3 Å². The maximum absolute atomic E-state index is 11.8.